The van der Waals surface area contributed by atoms with E-state index in [0.717, 1.165) is 27.9 Å². The zero-order chi connectivity index (χ0) is 19.8. The van der Waals surface area contributed by atoms with Crippen LogP contribution in [0.3, 0.4) is 0 Å². The SMILES string of the molecule is O=c1c(=Cc2ccc(OCc3ccc(Cl)cc3)cc2)sc2nc3ccccc3n12. The number of hydrogen-bond donors (Lipinski definition) is 0. The normalized spacial score (nSPS) is 12.1. The van der Waals surface area contributed by atoms with Gasteiger partial charge in [0.2, 0.25) is 0 Å². The second-order valence-electron chi connectivity index (χ2n) is 6.62. The summed E-state index contributed by atoms with van der Waals surface area (Å²) in [5.74, 6) is 0.770. The second kappa shape index (κ2) is 7.35. The Morgan fingerprint density at radius 1 is 1.00 bits per heavy atom. The minimum absolute atomic E-state index is 0.0400. The van der Waals surface area contributed by atoms with Gasteiger partial charge in [0, 0.05) is 5.02 Å². The van der Waals surface area contributed by atoms with Crippen molar-refractivity contribution in [1.29, 1.82) is 0 Å². The lowest BCUT2D eigenvalue weighted by molar-refractivity contribution is 0.306. The van der Waals surface area contributed by atoms with Gasteiger partial charge in [0.05, 0.1) is 15.6 Å². The van der Waals surface area contributed by atoms with Gasteiger partial charge in [-0.2, -0.15) is 0 Å². The Hall–Kier alpha value is -3.15. The maximum Gasteiger partial charge on any atom is 0.274 e. The van der Waals surface area contributed by atoms with Crippen molar-refractivity contribution < 1.29 is 4.74 Å². The Labute approximate surface area is 175 Å². The van der Waals surface area contributed by atoms with Crippen LogP contribution < -0.4 is 14.8 Å². The van der Waals surface area contributed by atoms with E-state index in [9.17, 15) is 4.79 Å². The summed E-state index contributed by atoms with van der Waals surface area (Å²) >= 11 is 7.30. The van der Waals surface area contributed by atoms with Crippen LogP contribution >= 0.6 is 22.9 Å². The van der Waals surface area contributed by atoms with Gasteiger partial charge in [-0.15, -0.1) is 0 Å². The number of fused-ring (bicyclic) bond motifs is 3. The second-order valence-corrected chi connectivity index (χ2v) is 8.06. The van der Waals surface area contributed by atoms with E-state index in [0.29, 0.717) is 21.1 Å². The molecule has 0 aliphatic rings. The molecule has 29 heavy (non-hydrogen) atoms. The first-order chi connectivity index (χ1) is 14.2. The number of thiazole rings is 1. The largest absolute Gasteiger partial charge is 0.489 e. The molecule has 0 bridgehead atoms. The molecular weight excluding hydrogens is 404 g/mol. The van der Waals surface area contributed by atoms with E-state index in [1.807, 2.05) is 78.9 Å². The van der Waals surface area contributed by atoms with Crippen molar-refractivity contribution in [2.75, 3.05) is 0 Å². The van der Waals surface area contributed by atoms with Crippen LogP contribution in [-0.2, 0) is 6.61 Å². The minimum atomic E-state index is -0.0400. The third-order valence-electron chi connectivity index (χ3n) is 4.64. The van der Waals surface area contributed by atoms with Crippen LogP contribution in [0.1, 0.15) is 11.1 Å². The number of ether oxygens (including phenoxy) is 1. The van der Waals surface area contributed by atoms with Crippen molar-refractivity contribution in [2.24, 2.45) is 0 Å². The van der Waals surface area contributed by atoms with E-state index >= 15 is 0 Å². The van der Waals surface area contributed by atoms with Gasteiger partial charge >= 0.3 is 0 Å². The third-order valence-corrected chi connectivity index (χ3v) is 5.86. The van der Waals surface area contributed by atoms with E-state index in [2.05, 4.69) is 4.98 Å². The number of aromatic nitrogens is 2. The highest BCUT2D eigenvalue weighted by molar-refractivity contribution is 7.15. The number of benzene rings is 3. The summed E-state index contributed by atoms with van der Waals surface area (Å²) in [6.45, 7) is 0.472. The smallest absolute Gasteiger partial charge is 0.274 e. The molecule has 2 aromatic heterocycles. The number of para-hydroxylation sites is 2. The van der Waals surface area contributed by atoms with Gasteiger partial charge in [-0.3, -0.25) is 4.79 Å². The fourth-order valence-corrected chi connectivity index (χ4v) is 4.28. The first-order valence-corrected chi connectivity index (χ1v) is 10.3. The lowest BCUT2D eigenvalue weighted by atomic mass is 10.2. The van der Waals surface area contributed by atoms with Crippen LogP contribution in [0, 0.1) is 0 Å². The lowest BCUT2D eigenvalue weighted by Gasteiger charge is -2.06. The van der Waals surface area contributed by atoms with Crippen molar-refractivity contribution >= 4 is 45.0 Å². The summed E-state index contributed by atoms with van der Waals surface area (Å²) in [6, 6.07) is 22.9. The van der Waals surface area contributed by atoms with Crippen molar-refractivity contribution in [3.8, 4) is 5.75 Å². The molecule has 0 radical (unpaired) electrons. The summed E-state index contributed by atoms with van der Waals surface area (Å²) in [7, 11) is 0. The first-order valence-electron chi connectivity index (χ1n) is 9.06. The average Bonchev–Trinajstić information content (AvgIpc) is 3.25. The molecule has 3 aromatic carbocycles. The van der Waals surface area contributed by atoms with Gasteiger partial charge in [-0.05, 0) is 53.6 Å². The zero-order valence-electron chi connectivity index (χ0n) is 15.2. The monoisotopic (exact) mass is 418 g/mol. The highest BCUT2D eigenvalue weighted by Crippen LogP contribution is 2.18. The maximum absolute atomic E-state index is 12.8. The van der Waals surface area contributed by atoms with Crippen LogP contribution in [0.15, 0.2) is 77.6 Å². The predicted molar refractivity (Wildman–Crippen MR) is 118 cm³/mol. The Morgan fingerprint density at radius 3 is 2.55 bits per heavy atom. The van der Waals surface area contributed by atoms with Crippen molar-refractivity contribution in [2.45, 2.75) is 6.61 Å². The average molecular weight is 419 g/mol. The van der Waals surface area contributed by atoms with Gasteiger partial charge in [0.1, 0.15) is 12.4 Å². The highest BCUT2D eigenvalue weighted by atomic mass is 35.5. The Bertz CT molecular complexity index is 1420. The molecule has 0 saturated heterocycles. The molecule has 5 aromatic rings. The molecular formula is C23H15ClN2O2S. The van der Waals surface area contributed by atoms with Crippen molar-refractivity contribution in [3.05, 3.63) is 104 Å². The number of hydrogen-bond acceptors (Lipinski definition) is 4. The summed E-state index contributed by atoms with van der Waals surface area (Å²) in [6.07, 6.45) is 1.89. The molecule has 6 heteroatoms. The molecule has 142 valence electrons. The van der Waals surface area contributed by atoms with Crippen molar-refractivity contribution in [3.63, 3.8) is 0 Å². The molecule has 0 N–H and O–H groups in total. The summed E-state index contributed by atoms with van der Waals surface area (Å²) in [4.78, 5) is 18.1. The molecule has 0 aliphatic carbocycles. The first kappa shape index (κ1) is 17.9. The maximum atomic E-state index is 12.8. The topological polar surface area (TPSA) is 43.6 Å². The lowest BCUT2D eigenvalue weighted by Crippen LogP contribution is -2.22. The number of nitrogens with zero attached hydrogens (tertiary/aromatic N) is 2. The molecule has 0 aliphatic heterocycles. The molecule has 0 atom stereocenters. The molecule has 2 heterocycles. The van der Waals surface area contributed by atoms with Gasteiger partial charge in [0.25, 0.3) is 5.56 Å². The fraction of sp³-hybridized carbons (Fsp3) is 0.0435. The van der Waals surface area contributed by atoms with Gasteiger partial charge < -0.3 is 4.74 Å². The summed E-state index contributed by atoms with van der Waals surface area (Å²) < 4.78 is 8.15. The van der Waals surface area contributed by atoms with Gasteiger partial charge in [0.15, 0.2) is 4.96 Å². The Morgan fingerprint density at radius 2 is 1.76 bits per heavy atom. The van der Waals surface area contributed by atoms with Crippen LogP contribution in [0.25, 0.3) is 22.1 Å². The Kier molecular flexibility index (Phi) is 4.54. The number of rotatable bonds is 4. The Balaban J connectivity index is 1.40. The molecule has 0 fully saturated rings. The van der Waals surface area contributed by atoms with E-state index < -0.39 is 0 Å². The van der Waals surface area contributed by atoms with Crippen LogP contribution in [0.2, 0.25) is 5.02 Å². The molecule has 0 amide bonds. The molecule has 0 unspecified atom stereocenters. The molecule has 5 rings (SSSR count). The summed E-state index contributed by atoms with van der Waals surface area (Å²) in [5.41, 5.74) is 3.63. The van der Waals surface area contributed by atoms with Crippen LogP contribution in [0.5, 0.6) is 5.75 Å². The quantitative estimate of drug-likeness (QED) is 0.425. The standard InChI is InChI=1S/C23H15ClN2O2S/c24-17-9-5-16(6-10-17)14-28-18-11-7-15(8-12-18)13-21-22(27)26-20-4-2-1-3-19(20)25-23(26)29-21/h1-13H,14H2. The fourth-order valence-electron chi connectivity index (χ4n) is 3.17. The van der Waals surface area contributed by atoms with Gasteiger partial charge in [-0.1, -0.05) is 59.3 Å². The highest BCUT2D eigenvalue weighted by Gasteiger charge is 2.10. The molecule has 4 nitrogen and oxygen atoms in total. The molecule has 0 saturated carbocycles. The number of halogens is 1. The van der Waals surface area contributed by atoms with E-state index in [1.54, 1.807) is 4.40 Å². The van der Waals surface area contributed by atoms with E-state index in [4.69, 9.17) is 16.3 Å². The van der Waals surface area contributed by atoms with Crippen LogP contribution in [0.4, 0.5) is 0 Å². The van der Waals surface area contributed by atoms with E-state index in [-0.39, 0.29) is 5.56 Å². The minimum Gasteiger partial charge on any atom is -0.489 e. The summed E-state index contributed by atoms with van der Waals surface area (Å²) in [5, 5.41) is 0.709. The predicted octanol–water partition coefficient (Wildman–Crippen LogP) is 4.69. The van der Waals surface area contributed by atoms with Gasteiger partial charge in [-0.25, -0.2) is 9.38 Å². The third kappa shape index (κ3) is 3.50. The van der Waals surface area contributed by atoms with Crippen molar-refractivity contribution in [1.82, 2.24) is 9.38 Å². The zero-order valence-corrected chi connectivity index (χ0v) is 16.8. The van der Waals surface area contributed by atoms with E-state index in [1.165, 1.54) is 11.3 Å². The van der Waals surface area contributed by atoms with Crippen LogP contribution in [-0.4, -0.2) is 9.38 Å². The molecule has 0 spiro atoms. The number of imidazole rings is 1.